The smallest absolute Gasteiger partial charge is 0.221 e. The number of benzene rings is 1. The molecule has 3 heteroatoms. The van der Waals surface area contributed by atoms with E-state index in [9.17, 15) is 4.79 Å². The first-order valence-corrected chi connectivity index (χ1v) is 7.41. The van der Waals surface area contributed by atoms with Crippen molar-refractivity contribution in [2.75, 3.05) is 0 Å². The summed E-state index contributed by atoms with van der Waals surface area (Å²) in [5, 5.41) is 3.91. The molecular weight excluding hydrogens is 258 g/mol. The lowest BCUT2D eigenvalue weighted by Crippen LogP contribution is -2.41. The number of halogens is 1. The van der Waals surface area contributed by atoms with Crippen molar-refractivity contribution in [3.63, 3.8) is 0 Å². The zero-order chi connectivity index (χ0) is 14.0. The van der Waals surface area contributed by atoms with Gasteiger partial charge in [0.1, 0.15) is 0 Å². The van der Waals surface area contributed by atoms with Crippen LogP contribution < -0.4 is 5.32 Å². The van der Waals surface area contributed by atoms with Gasteiger partial charge < -0.3 is 5.32 Å². The molecule has 0 saturated carbocycles. The fraction of sp³-hybridized carbons (Fsp3) is 0.562. The van der Waals surface area contributed by atoms with E-state index in [-0.39, 0.29) is 17.4 Å². The van der Waals surface area contributed by atoms with Crippen molar-refractivity contribution in [1.29, 1.82) is 0 Å². The summed E-state index contributed by atoms with van der Waals surface area (Å²) in [5.41, 5.74) is 1.08. The van der Waals surface area contributed by atoms with E-state index >= 15 is 0 Å². The van der Waals surface area contributed by atoms with E-state index in [1.807, 2.05) is 18.2 Å². The van der Waals surface area contributed by atoms with Crippen LogP contribution in [0.25, 0.3) is 0 Å². The number of rotatable bonds is 4. The number of carbonyl (C=O) groups excluding carboxylic acids is 1. The van der Waals surface area contributed by atoms with Gasteiger partial charge in [0.2, 0.25) is 5.91 Å². The van der Waals surface area contributed by atoms with Crippen molar-refractivity contribution >= 4 is 17.5 Å². The van der Waals surface area contributed by atoms with Crippen molar-refractivity contribution in [3.05, 3.63) is 34.9 Å². The van der Waals surface area contributed by atoms with Crippen LogP contribution in [-0.4, -0.2) is 11.9 Å². The highest BCUT2D eigenvalue weighted by molar-refractivity contribution is 6.30. The summed E-state index contributed by atoms with van der Waals surface area (Å²) in [6.07, 6.45) is 2.52. The van der Waals surface area contributed by atoms with Crippen LogP contribution in [0.15, 0.2) is 24.3 Å². The quantitative estimate of drug-likeness (QED) is 0.889. The van der Waals surface area contributed by atoms with E-state index in [0.717, 1.165) is 17.9 Å². The van der Waals surface area contributed by atoms with Gasteiger partial charge in [-0.15, -0.1) is 0 Å². The van der Waals surface area contributed by atoms with Crippen molar-refractivity contribution in [2.24, 2.45) is 5.92 Å². The standard InChI is InChI=1S/C16H22ClNO/c1-4-16(12-6-5-7-13(17)9-12)10-15(19)18-14(16)8-11(2)3/h5-7,9,11,14H,4,8,10H2,1-3H3,(H,18,19). The Morgan fingerprint density at radius 1 is 1.47 bits per heavy atom. The first-order chi connectivity index (χ1) is 8.98. The lowest BCUT2D eigenvalue weighted by atomic mass is 9.70. The topological polar surface area (TPSA) is 29.1 Å². The third kappa shape index (κ3) is 2.79. The zero-order valence-corrected chi connectivity index (χ0v) is 12.6. The fourth-order valence-electron chi connectivity index (χ4n) is 3.23. The lowest BCUT2D eigenvalue weighted by molar-refractivity contribution is -0.119. The Bertz CT molecular complexity index is 472. The van der Waals surface area contributed by atoms with Crippen molar-refractivity contribution in [1.82, 2.24) is 5.32 Å². The van der Waals surface area contributed by atoms with Gasteiger partial charge in [-0.2, -0.15) is 0 Å². The third-order valence-electron chi connectivity index (χ3n) is 4.22. The summed E-state index contributed by atoms with van der Waals surface area (Å²) in [5.74, 6) is 0.723. The summed E-state index contributed by atoms with van der Waals surface area (Å²) in [7, 11) is 0. The second-order valence-electron chi connectivity index (χ2n) is 5.95. The summed E-state index contributed by atoms with van der Waals surface area (Å²) in [6, 6.07) is 8.19. The Kier molecular flexibility index (Phi) is 4.19. The maximum Gasteiger partial charge on any atom is 0.221 e. The molecule has 2 nitrogen and oxygen atoms in total. The molecular formula is C16H22ClNO. The Balaban J connectivity index is 2.41. The van der Waals surface area contributed by atoms with Crippen LogP contribution in [0.2, 0.25) is 5.02 Å². The Labute approximate surface area is 120 Å². The van der Waals surface area contributed by atoms with Crippen LogP contribution in [0, 0.1) is 5.92 Å². The number of carbonyl (C=O) groups is 1. The Morgan fingerprint density at radius 3 is 2.79 bits per heavy atom. The highest BCUT2D eigenvalue weighted by atomic mass is 35.5. The third-order valence-corrected chi connectivity index (χ3v) is 4.45. The van der Waals surface area contributed by atoms with E-state index in [1.54, 1.807) is 0 Å². The van der Waals surface area contributed by atoms with E-state index in [0.29, 0.717) is 12.3 Å². The van der Waals surface area contributed by atoms with Crippen LogP contribution in [0.4, 0.5) is 0 Å². The molecule has 1 heterocycles. The minimum atomic E-state index is -0.105. The summed E-state index contributed by atoms with van der Waals surface area (Å²) in [6.45, 7) is 6.56. The Morgan fingerprint density at radius 2 is 2.21 bits per heavy atom. The van der Waals surface area contributed by atoms with Gasteiger partial charge >= 0.3 is 0 Å². The van der Waals surface area contributed by atoms with E-state index in [4.69, 9.17) is 11.6 Å². The monoisotopic (exact) mass is 279 g/mol. The number of amides is 1. The van der Waals surface area contributed by atoms with Crippen LogP contribution in [0.5, 0.6) is 0 Å². The average molecular weight is 280 g/mol. The number of nitrogens with one attached hydrogen (secondary N) is 1. The molecule has 19 heavy (non-hydrogen) atoms. The zero-order valence-electron chi connectivity index (χ0n) is 11.9. The van der Waals surface area contributed by atoms with Gasteiger partial charge in [0.15, 0.2) is 0 Å². The molecule has 1 fully saturated rings. The van der Waals surface area contributed by atoms with Crippen LogP contribution in [0.3, 0.4) is 0 Å². The summed E-state index contributed by atoms with van der Waals surface area (Å²) >= 11 is 6.13. The molecule has 1 aliphatic rings. The summed E-state index contributed by atoms with van der Waals surface area (Å²) < 4.78 is 0. The second-order valence-corrected chi connectivity index (χ2v) is 6.38. The van der Waals surface area contributed by atoms with Crippen LogP contribution in [0.1, 0.15) is 45.6 Å². The minimum absolute atomic E-state index is 0.105. The van der Waals surface area contributed by atoms with Crippen molar-refractivity contribution < 1.29 is 4.79 Å². The Hall–Kier alpha value is -1.02. The number of hydrogen-bond acceptors (Lipinski definition) is 1. The van der Waals surface area contributed by atoms with Gasteiger partial charge in [0.25, 0.3) is 0 Å². The SMILES string of the molecule is CCC1(c2cccc(Cl)c2)CC(=O)NC1CC(C)C. The van der Waals surface area contributed by atoms with Gasteiger partial charge in [-0.05, 0) is 36.5 Å². The van der Waals surface area contributed by atoms with Crippen molar-refractivity contribution in [2.45, 2.75) is 51.5 Å². The van der Waals surface area contributed by atoms with Gasteiger partial charge in [-0.3, -0.25) is 4.79 Å². The molecule has 2 atom stereocenters. The lowest BCUT2D eigenvalue weighted by Gasteiger charge is -2.35. The van der Waals surface area contributed by atoms with Gasteiger partial charge in [0.05, 0.1) is 0 Å². The van der Waals surface area contributed by atoms with Gasteiger partial charge in [-0.1, -0.05) is 44.5 Å². The van der Waals surface area contributed by atoms with Gasteiger partial charge in [0, 0.05) is 22.9 Å². The predicted molar refractivity (Wildman–Crippen MR) is 79.4 cm³/mol. The van der Waals surface area contributed by atoms with Crippen LogP contribution in [-0.2, 0) is 10.2 Å². The maximum atomic E-state index is 11.9. The minimum Gasteiger partial charge on any atom is -0.352 e. The molecule has 0 spiro atoms. The second kappa shape index (κ2) is 5.54. The number of hydrogen-bond donors (Lipinski definition) is 1. The molecule has 1 N–H and O–H groups in total. The molecule has 1 aromatic carbocycles. The molecule has 1 aromatic rings. The fourth-order valence-corrected chi connectivity index (χ4v) is 3.42. The molecule has 104 valence electrons. The molecule has 0 aromatic heterocycles. The molecule has 2 unspecified atom stereocenters. The van der Waals surface area contributed by atoms with Crippen molar-refractivity contribution in [3.8, 4) is 0 Å². The van der Waals surface area contributed by atoms with Gasteiger partial charge in [-0.25, -0.2) is 0 Å². The van der Waals surface area contributed by atoms with E-state index in [1.165, 1.54) is 5.56 Å². The first kappa shape index (κ1) is 14.4. The summed E-state index contributed by atoms with van der Waals surface area (Å²) in [4.78, 5) is 11.9. The highest BCUT2D eigenvalue weighted by Gasteiger charge is 2.46. The molecule has 1 aliphatic heterocycles. The highest BCUT2D eigenvalue weighted by Crippen LogP contribution is 2.42. The van der Waals surface area contributed by atoms with E-state index in [2.05, 4.69) is 32.2 Å². The molecule has 1 amide bonds. The molecule has 0 aliphatic carbocycles. The predicted octanol–water partition coefficient (Wildman–Crippen LogP) is 3.92. The first-order valence-electron chi connectivity index (χ1n) is 7.03. The largest absolute Gasteiger partial charge is 0.352 e. The maximum absolute atomic E-state index is 11.9. The van der Waals surface area contributed by atoms with E-state index < -0.39 is 0 Å². The van der Waals surface area contributed by atoms with Crippen LogP contribution >= 0.6 is 11.6 Å². The molecule has 2 rings (SSSR count). The normalized spacial score (nSPS) is 26.8. The molecule has 0 bridgehead atoms. The molecule has 0 radical (unpaired) electrons. The molecule has 1 saturated heterocycles. The average Bonchev–Trinajstić information content (AvgIpc) is 2.65.